The van der Waals surface area contributed by atoms with Crippen LogP contribution in [-0.4, -0.2) is 40.2 Å². The van der Waals surface area contributed by atoms with Gasteiger partial charge in [0, 0.05) is 24.5 Å². The molecule has 2 aliphatic heterocycles. The van der Waals surface area contributed by atoms with Crippen LogP contribution in [0.3, 0.4) is 0 Å². The molecule has 2 saturated heterocycles. The number of carbonyl (C=O) groups is 1. The van der Waals surface area contributed by atoms with E-state index in [0.717, 1.165) is 37.3 Å². The first-order chi connectivity index (χ1) is 8.71. The number of carbonyl (C=O) groups excluding carboxylic acids is 1. The fraction of sp³-hybridized carbons (Fsp3) is 0.857. The molecule has 4 nitrogen and oxygen atoms in total. The van der Waals surface area contributed by atoms with Crippen molar-refractivity contribution in [2.24, 2.45) is 5.92 Å². The number of piperidine rings is 1. The van der Waals surface area contributed by atoms with Crippen LogP contribution in [0, 0.1) is 5.92 Å². The summed E-state index contributed by atoms with van der Waals surface area (Å²) in [6.45, 7) is 9.36. The summed E-state index contributed by atoms with van der Waals surface area (Å²) in [5.74, 6) is 0.461. The molecule has 1 atom stereocenters. The summed E-state index contributed by atoms with van der Waals surface area (Å²) in [7, 11) is 0. The summed E-state index contributed by atoms with van der Waals surface area (Å²) < 4.78 is 5.41. The fourth-order valence-corrected chi connectivity index (χ4v) is 3.19. The summed E-state index contributed by atoms with van der Waals surface area (Å²) in [6, 6.07) is 0. The molecule has 108 valence electrons. The third-order valence-electron chi connectivity index (χ3n) is 3.91. The van der Waals surface area contributed by atoms with Gasteiger partial charge in [0.1, 0.15) is 5.60 Å². The van der Waals surface area contributed by atoms with E-state index in [9.17, 15) is 4.79 Å². The van der Waals surface area contributed by atoms with Gasteiger partial charge in [-0.25, -0.2) is 4.79 Å². The average Bonchev–Trinajstić information content (AvgIpc) is 2.52. The highest BCUT2D eigenvalue weighted by molar-refractivity contribution is 7.80. The first-order valence-corrected chi connectivity index (χ1v) is 7.42. The molecule has 1 N–H and O–H groups in total. The van der Waals surface area contributed by atoms with E-state index in [1.807, 2.05) is 25.7 Å². The summed E-state index contributed by atoms with van der Waals surface area (Å²) in [5, 5.41) is 3.48. The molecular weight excluding hydrogens is 260 g/mol. The predicted molar refractivity (Wildman–Crippen MR) is 79.3 cm³/mol. The largest absolute Gasteiger partial charge is 0.444 e. The van der Waals surface area contributed by atoms with Gasteiger partial charge in [-0.2, -0.15) is 0 Å². The van der Waals surface area contributed by atoms with Crippen molar-refractivity contribution >= 4 is 23.3 Å². The van der Waals surface area contributed by atoms with Gasteiger partial charge in [-0.05, 0) is 40.0 Å². The van der Waals surface area contributed by atoms with E-state index >= 15 is 0 Å². The molecule has 0 aromatic rings. The average molecular weight is 284 g/mol. The molecule has 0 bridgehead atoms. The van der Waals surface area contributed by atoms with E-state index in [1.54, 1.807) is 0 Å². The van der Waals surface area contributed by atoms with Gasteiger partial charge in [-0.15, -0.1) is 0 Å². The highest BCUT2D eigenvalue weighted by Crippen LogP contribution is 2.35. The van der Waals surface area contributed by atoms with Gasteiger partial charge in [-0.3, -0.25) is 0 Å². The van der Waals surface area contributed by atoms with Crippen LogP contribution < -0.4 is 5.32 Å². The second-order valence-corrected chi connectivity index (χ2v) is 7.28. The molecule has 0 saturated carbocycles. The molecule has 0 radical (unpaired) electrons. The van der Waals surface area contributed by atoms with Gasteiger partial charge in [-0.1, -0.05) is 19.1 Å². The SMILES string of the molecule is CC1CC2(CCN(C(=O)OC(C)(C)C)CC2)NC1=S. The van der Waals surface area contributed by atoms with Gasteiger partial charge < -0.3 is 15.0 Å². The van der Waals surface area contributed by atoms with E-state index in [4.69, 9.17) is 17.0 Å². The number of hydrogen-bond donors (Lipinski definition) is 1. The Morgan fingerprint density at radius 1 is 1.42 bits per heavy atom. The van der Waals surface area contributed by atoms with Crippen LogP contribution in [0.1, 0.15) is 47.0 Å². The smallest absolute Gasteiger partial charge is 0.410 e. The summed E-state index contributed by atoms with van der Waals surface area (Å²) in [5.41, 5.74) is -0.303. The Labute approximate surface area is 120 Å². The molecule has 5 heteroatoms. The Morgan fingerprint density at radius 3 is 2.42 bits per heavy atom. The molecule has 1 amide bonds. The normalized spacial score (nSPS) is 26.4. The number of amides is 1. The van der Waals surface area contributed by atoms with E-state index in [2.05, 4.69) is 12.2 Å². The van der Waals surface area contributed by atoms with E-state index in [0.29, 0.717) is 5.92 Å². The molecule has 19 heavy (non-hydrogen) atoms. The van der Waals surface area contributed by atoms with Gasteiger partial charge in [0.05, 0.1) is 4.99 Å². The number of thiocarbonyl (C=S) groups is 1. The monoisotopic (exact) mass is 284 g/mol. The molecule has 2 fully saturated rings. The van der Waals surface area contributed by atoms with Crippen LogP contribution in [0.4, 0.5) is 4.79 Å². The van der Waals surface area contributed by atoms with Gasteiger partial charge in [0.2, 0.25) is 0 Å². The second kappa shape index (κ2) is 4.93. The van der Waals surface area contributed by atoms with Crippen molar-refractivity contribution in [1.82, 2.24) is 10.2 Å². The Kier molecular flexibility index (Phi) is 3.78. The first-order valence-electron chi connectivity index (χ1n) is 7.01. The predicted octanol–water partition coefficient (Wildman–Crippen LogP) is 2.71. The first kappa shape index (κ1) is 14.6. The second-order valence-electron chi connectivity index (χ2n) is 6.84. The lowest BCUT2D eigenvalue weighted by Crippen LogP contribution is -2.52. The Hall–Kier alpha value is -0.840. The Balaban J connectivity index is 1.89. The summed E-state index contributed by atoms with van der Waals surface area (Å²) in [4.78, 5) is 14.8. The summed E-state index contributed by atoms with van der Waals surface area (Å²) >= 11 is 5.33. The Bertz CT molecular complexity index is 381. The molecular formula is C14H24N2O2S. The molecule has 0 aliphatic carbocycles. The van der Waals surface area contributed by atoms with Crippen molar-refractivity contribution in [3.8, 4) is 0 Å². The van der Waals surface area contributed by atoms with Crippen molar-refractivity contribution in [3.05, 3.63) is 0 Å². The Morgan fingerprint density at radius 2 is 2.00 bits per heavy atom. The van der Waals surface area contributed by atoms with Crippen molar-refractivity contribution in [3.63, 3.8) is 0 Å². The van der Waals surface area contributed by atoms with Crippen molar-refractivity contribution in [2.75, 3.05) is 13.1 Å². The number of likely N-dealkylation sites (tertiary alicyclic amines) is 1. The van der Waals surface area contributed by atoms with Gasteiger partial charge >= 0.3 is 6.09 Å². The lowest BCUT2D eigenvalue weighted by atomic mass is 9.84. The molecule has 0 aromatic heterocycles. The van der Waals surface area contributed by atoms with E-state index < -0.39 is 5.60 Å². The van der Waals surface area contributed by atoms with E-state index in [-0.39, 0.29) is 11.6 Å². The minimum atomic E-state index is -0.423. The zero-order chi connectivity index (χ0) is 14.3. The molecule has 1 unspecified atom stereocenters. The zero-order valence-corrected chi connectivity index (χ0v) is 13.1. The topological polar surface area (TPSA) is 41.6 Å². The van der Waals surface area contributed by atoms with E-state index in [1.165, 1.54) is 0 Å². The van der Waals surface area contributed by atoms with Gasteiger partial charge in [0.15, 0.2) is 0 Å². The van der Waals surface area contributed by atoms with Crippen molar-refractivity contribution in [1.29, 1.82) is 0 Å². The highest BCUT2D eigenvalue weighted by atomic mass is 32.1. The number of nitrogens with one attached hydrogen (secondary N) is 1. The lowest BCUT2D eigenvalue weighted by Gasteiger charge is -2.39. The minimum Gasteiger partial charge on any atom is -0.444 e. The van der Waals surface area contributed by atoms with Crippen LogP contribution >= 0.6 is 12.2 Å². The molecule has 0 aromatic carbocycles. The third-order valence-corrected chi connectivity index (χ3v) is 4.41. The minimum absolute atomic E-state index is 0.120. The molecule has 1 spiro atoms. The number of ether oxygens (including phenoxy) is 1. The molecule has 2 heterocycles. The zero-order valence-electron chi connectivity index (χ0n) is 12.3. The summed E-state index contributed by atoms with van der Waals surface area (Å²) in [6.07, 6.45) is 2.80. The maximum absolute atomic E-state index is 12.0. The van der Waals surface area contributed by atoms with Crippen LogP contribution in [0.15, 0.2) is 0 Å². The number of nitrogens with zero attached hydrogens (tertiary/aromatic N) is 1. The number of hydrogen-bond acceptors (Lipinski definition) is 3. The van der Waals surface area contributed by atoms with Gasteiger partial charge in [0.25, 0.3) is 0 Å². The third kappa shape index (κ3) is 3.38. The maximum atomic E-state index is 12.0. The maximum Gasteiger partial charge on any atom is 0.410 e. The van der Waals surface area contributed by atoms with Crippen LogP contribution in [0.25, 0.3) is 0 Å². The van der Waals surface area contributed by atoms with Crippen LogP contribution in [0.2, 0.25) is 0 Å². The lowest BCUT2D eigenvalue weighted by molar-refractivity contribution is 0.0159. The van der Waals surface area contributed by atoms with Crippen molar-refractivity contribution in [2.45, 2.75) is 58.1 Å². The van der Waals surface area contributed by atoms with Crippen LogP contribution in [-0.2, 0) is 4.74 Å². The molecule has 2 rings (SSSR count). The standard InChI is InChI=1S/C14H24N2O2S/c1-10-9-14(15-11(10)19)5-7-16(8-6-14)12(17)18-13(2,3)4/h10H,5-9H2,1-4H3,(H,15,19). The van der Waals surface area contributed by atoms with Crippen LogP contribution in [0.5, 0.6) is 0 Å². The fourth-order valence-electron chi connectivity index (χ4n) is 2.89. The molecule has 2 aliphatic rings. The highest BCUT2D eigenvalue weighted by Gasteiger charge is 2.43. The quantitative estimate of drug-likeness (QED) is 0.695. The van der Waals surface area contributed by atoms with Crippen molar-refractivity contribution < 1.29 is 9.53 Å². The number of rotatable bonds is 0.